The number of hydrogen-bond acceptors (Lipinski definition) is 5. The van der Waals surface area contributed by atoms with Gasteiger partial charge in [-0.1, -0.05) is 53.5 Å². The first-order valence-corrected chi connectivity index (χ1v) is 10.0. The maximum Gasteiger partial charge on any atom is 0.323 e. The van der Waals surface area contributed by atoms with Crippen molar-refractivity contribution in [3.63, 3.8) is 0 Å². The van der Waals surface area contributed by atoms with E-state index in [9.17, 15) is 4.79 Å². The average molecular weight is 441 g/mol. The van der Waals surface area contributed by atoms with E-state index < -0.39 is 11.4 Å². The summed E-state index contributed by atoms with van der Waals surface area (Å²) in [7, 11) is 0. The molecule has 4 rings (SSSR count). The Balaban J connectivity index is 1.78. The molecule has 0 radical (unpaired) electrons. The van der Waals surface area contributed by atoms with Crippen molar-refractivity contribution in [2.24, 2.45) is 0 Å². The van der Waals surface area contributed by atoms with Gasteiger partial charge in [0, 0.05) is 18.0 Å². The Bertz CT molecular complexity index is 1140. The Morgan fingerprint density at radius 3 is 2.50 bits per heavy atom. The highest BCUT2D eigenvalue weighted by Crippen LogP contribution is 2.41. The molecule has 0 unspecified atom stereocenters. The molecule has 1 aliphatic heterocycles. The molecule has 5 nitrogen and oxygen atoms in total. The second-order valence-corrected chi connectivity index (χ2v) is 8.14. The molecule has 30 heavy (non-hydrogen) atoms. The molecule has 0 atom stereocenters. The Morgan fingerprint density at radius 1 is 1.03 bits per heavy atom. The molecule has 0 spiro atoms. The molecule has 2 heterocycles. The Kier molecular flexibility index (Phi) is 5.50. The zero-order valence-corrected chi connectivity index (χ0v) is 17.9. The summed E-state index contributed by atoms with van der Waals surface area (Å²) in [6, 6.07) is 13.0. The number of ether oxygens (including phenoxy) is 2. The van der Waals surface area contributed by atoms with Crippen LogP contribution in [0.5, 0.6) is 5.75 Å². The monoisotopic (exact) mass is 440 g/mol. The second kappa shape index (κ2) is 8.09. The van der Waals surface area contributed by atoms with Crippen molar-refractivity contribution in [2.45, 2.75) is 25.9 Å². The maximum atomic E-state index is 12.6. The smallest absolute Gasteiger partial charge is 0.323 e. The summed E-state index contributed by atoms with van der Waals surface area (Å²) >= 11 is 12.9. The van der Waals surface area contributed by atoms with E-state index in [1.165, 1.54) is 0 Å². The number of esters is 1. The van der Waals surface area contributed by atoms with Gasteiger partial charge in [0.1, 0.15) is 23.5 Å². The summed E-state index contributed by atoms with van der Waals surface area (Å²) in [6.45, 7) is 3.81. The van der Waals surface area contributed by atoms with Gasteiger partial charge in [-0.3, -0.25) is 9.78 Å². The Labute approximate surface area is 184 Å². The van der Waals surface area contributed by atoms with Crippen LogP contribution in [0.2, 0.25) is 10.0 Å². The van der Waals surface area contributed by atoms with E-state index in [4.69, 9.17) is 32.7 Å². The number of nitrogens with zero attached hydrogens (tertiary/aromatic N) is 2. The highest BCUT2D eigenvalue weighted by Gasteiger charge is 2.42. The largest absolute Gasteiger partial charge is 0.487 e. The lowest BCUT2D eigenvalue weighted by Gasteiger charge is -2.29. The summed E-state index contributed by atoms with van der Waals surface area (Å²) in [5.41, 5.74) is 1.59. The normalized spacial score (nSPS) is 16.1. The number of rotatable bonds is 4. The van der Waals surface area contributed by atoms with Crippen molar-refractivity contribution < 1.29 is 14.3 Å². The lowest BCUT2D eigenvalue weighted by molar-refractivity contribution is -0.143. The standard InChI is InChI=1S/C23H18Cl2N2O3/c1-23(2)21-19(26-10-11-27-21)18(30-22(23)28)12-15-16(24)8-9-17(25)20(15)29-13-14-6-4-3-5-7-14/h3-12H,13H2,1-2H3. The van der Waals surface area contributed by atoms with Crippen LogP contribution < -0.4 is 4.74 Å². The van der Waals surface area contributed by atoms with Gasteiger partial charge < -0.3 is 9.47 Å². The van der Waals surface area contributed by atoms with Gasteiger partial charge in [-0.05, 0) is 37.6 Å². The number of hydrogen-bond donors (Lipinski definition) is 0. The SMILES string of the molecule is CC1(C)C(=O)OC(=Cc2c(Cl)ccc(Cl)c2OCc2ccccc2)c2nccnc21. The molecule has 1 aromatic heterocycles. The van der Waals surface area contributed by atoms with Crippen molar-refractivity contribution in [3.05, 3.63) is 87.4 Å². The van der Waals surface area contributed by atoms with E-state index >= 15 is 0 Å². The fourth-order valence-electron chi connectivity index (χ4n) is 3.14. The predicted molar refractivity (Wildman–Crippen MR) is 116 cm³/mol. The van der Waals surface area contributed by atoms with E-state index in [0.29, 0.717) is 39.4 Å². The minimum atomic E-state index is -0.911. The van der Waals surface area contributed by atoms with Gasteiger partial charge in [-0.15, -0.1) is 0 Å². The first-order valence-electron chi connectivity index (χ1n) is 9.28. The molecule has 0 bridgehead atoms. The van der Waals surface area contributed by atoms with Crippen LogP contribution in [-0.4, -0.2) is 15.9 Å². The van der Waals surface area contributed by atoms with Crippen LogP contribution in [0.25, 0.3) is 11.8 Å². The highest BCUT2D eigenvalue weighted by atomic mass is 35.5. The molecule has 7 heteroatoms. The third-order valence-corrected chi connectivity index (χ3v) is 5.46. The molecule has 3 aromatic rings. The number of cyclic esters (lactones) is 1. The van der Waals surface area contributed by atoms with Crippen LogP contribution in [0.15, 0.2) is 54.9 Å². The van der Waals surface area contributed by atoms with Crippen molar-refractivity contribution in [1.29, 1.82) is 0 Å². The number of carbonyl (C=O) groups is 1. The van der Waals surface area contributed by atoms with Gasteiger partial charge in [0.25, 0.3) is 0 Å². The molecule has 0 fully saturated rings. The molecule has 1 aliphatic rings. The predicted octanol–water partition coefficient (Wildman–Crippen LogP) is 5.69. The third kappa shape index (κ3) is 3.78. The molecule has 2 aromatic carbocycles. The quantitative estimate of drug-likeness (QED) is 0.487. The van der Waals surface area contributed by atoms with Crippen LogP contribution >= 0.6 is 23.2 Å². The summed E-state index contributed by atoms with van der Waals surface area (Å²) in [4.78, 5) is 21.3. The summed E-state index contributed by atoms with van der Waals surface area (Å²) in [6.07, 6.45) is 4.72. The number of halogens is 2. The van der Waals surface area contributed by atoms with Crippen LogP contribution in [0.3, 0.4) is 0 Å². The number of benzene rings is 2. The molecular formula is C23H18Cl2N2O3. The zero-order chi connectivity index (χ0) is 21.3. The van der Waals surface area contributed by atoms with Crippen LogP contribution in [0, 0.1) is 0 Å². The van der Waals surface area contributed by atoms with Crippen molar-refractivity contribution in [1.82, 2.24) is 9.97 Å². The first kappa shape index (κ1) is 20.4. The minimum Gasteiger partial charge on any atom is -0.487 e. The van der Waals surface area contributed by atoms with Crippen molar-refractivity contribution >= 4 is 41.0 Å². The molecule has 152 valence electrons. The molecule has 0 aliphatic carbocycles. The molecule has 0 N–H and O–H groups in total. The molecule has 0 amide bonds. The second-order valence-electron chi connectivity index (χ2n) is 7.32. The fraction of sp³-hybridized carbons (Fsp3) is 0.174. The Morgan fingerprint density at radius 2 is 1.73 bits per heavy atom. The number of aromatic nitrogens is 2. The van der Waals surface area contributed by atoms with Crippen LogP contribution in [-0.2, 0) is 21.6 Å². The lowest BCUT2D eigenvalue weighted by Crippen LogP contribution is -2.37. The zero-order valence-electron chi connectivity index (χ0n) is 16.4. The number of fused-ring (bicyclic) bond motifs is 1. The van der Waals surface area contributed by atoms with Crippen LogP contribution in [0.4, 0.5) is 0 Å². The van der Waals surface area contributed by atoms with Gasteiger partial charge in [-0.2, -0.15) is 0 Å². The van der Waals surface area contributed by atoms with Gasteiger partial charge in [0.05, 0.1) is 15.7 Å². The van der Waals surface area contributed by atoms with E-state index in [2.05, 4.69) is 9.97 Å². The average Bonchev–Trinajstić information content (AvgIpc) is 2.75. The maximum absolute atomic E-state index is 12.6. The van der Waals surface area contributed by atoms with Gasteiger partial charge in [0.2, 0.25) is 0 Å². The third-order valence-electron chi connectivity index (χ3n) is 4.83. The number of carbonyl (C=O) groups excluding carboxylic acids is 1. The summed E-state index contributed by atoms with van der Waals surface area (Å²) < 4.78 is 11.6. The van der Waals surface area contributed by atoms with Crippen molar-refractivity contribution in [2.75, 3.05) is 0 Å². The minimum absolute atomic E-state index is 0.246. The molecule has 0 saturated carbocycles. The topological polar surface area (TPSA) is 61.3 Å². The highest BCUT2D eigenvalue weighted by molar-refractivity contribution is 6.35. The summed E-state index contributed by atoms with van der Waals surface area (Å²) in [5, 5.41) is 0.797. The van der Waals surface area contributed by atoms with E-state index in [1.54, 1.807) is 44.4 Å². The van der Waals surface area contributed by atoms with Crippen LogP contribution in [0.1, 0.15) is 36.4 Å². The van der Waals surface area contributed by atoms with E-state index in [-0.39, 0.29) is 5.76 Å². The first-order chi connectivity index (χ1) is 14.4. The van der Waals surface area contributed by atoms with E-state index in [1.807, 2.05) is 30.3 Å². The summed E-state index contributed by atoms with van der Waals surface area (Å²) in [5.74, 6) is 0.217. The van der Waals surface area contributed by atoms with Gasteiger partial charge in [-0.25, -0.2) is 4.98 Å². The fourth-order valence-corrected chi connectivity index (χ4v) is 3.56. The lowest BCUT2D eigenvalue weighted by atomic mass is 9.85. The Hall–Kier alpha value is -2.89. The van der Waals surface area contributed by atoms with E-state index in [0.717, 1.165) is 5.56 Å². The molecule has 0 saturated heterocycles. The molecular weight excluding hydrogens is 423 g/mol. The van der Waals surface area contributed by atoms with Crippen molar-refractivity contribution in [3.8, 4) is 5.75 Å². The van der Waals surface area contributed by atoms with Gasteiger partial charge >= 0.3 is 5.97 Å². The van der Waals surface area contributed by atoms with Gasteiger partial charge in [0.15, 0.2) is 5.76 Å².